The summed E-state index contributed by atoms with van der Waals surface area (Å²) < 4.78 is 1.94. The van der Waals surface area contributed by atoms with Crippen LogP contribution < -0.4 is 5.32 Å². The van der Waals surface area contributed by atoms with Crippen molar-refractivity contribution in [1.29, 1.82) is 0 Å². The lowest BCUT2D eigenvalue weighted by molar-refractivity contribution is 0.451. The van der Waals surface area contributed by atoms with Crippen molar-refractivity contribution in [3.05, 3.63) is 60.6 Å². The maximum absolute atomic E-state index is 4.48. The number of nitrogens with one attached hydrogen (secondary N) is 1. The van der Waals surface area contributed by atoms with Crippen molar-refractivity contribution in [1.82, 2.24) is 20.1 Å². The number of benzene rings is 1. The second-order valence-corrected chi connectivity index (χ2v) is 5.00. The van der Waals surface area contributed by atoms with Gasteiger partial charge in [-0.25, -0.2) is 0 Å². The summed E-state index contributed by atoms with van der Waals surface area (Å²) in [6.07, 6.45) is 5.64. The van der Waals surface area contributed by atoms with Crippen LogP contribution >= 0.6 is 0 Å². The van der Waals surface area contributed by atoms with Crippen LogP contribution in [-0.2, 0) is 13.1 Å². The van der Waals surface area contributed by atoms with Gasteiger partial charge in [-0.2, -0.15) is 5.10 Å². The Bertz CT molecular complexity index is 671. The quantitative estimate of drug-likeness (QED) is 0.772. The topological polar surface area (TPSA) is 42.7 Å². The van der Waals surface area contributed by atoms with Gasteiger partial charge in [0.05, 0.1) is 12.1 Å². The highest BCUT2D eigenvalue weighted by Crippen LogP contribution is 2.15. The van der Waals surface area contributed by atoms with E-state index < -0.39 is 0 Å². The van der Waals surface area contributed by atoms with Crippen molar-refractivity contribution in [3.63, 3.8) is 0 Å². The highest BCUT2D eigenvalue weighted by Gasteiger charge is 2.05. The molecule has 1 atom stereocenters. The van der Waals surface area contributed by atoms with Crippen molar-refractivity contribution in [2.24, 2.45) is 0 Å². The number of aromatic nitrogens is 3. The van der Waals surface area contributed by atoms with Crippen molar-refractivity contribution < 1.29 is 0 Å². The Hall–Kier alpha value is -2.20. The summed E-state index contributed by atoms with van der Waals surface area (Å²) in [4.78, 5) is 4.48. The monoisotopic (exact) mass is 266 g/mol. The van der Waals surface area contributed by atoms with Crippen LogP contribution in [0.3, 0.4) is 0 Å². The van der Waals surface area contributed by atoms with Gasteiger partial charge in [0.1, 0.15) is 0 Å². The lowest BCUT2D eigenvalue weighted by atomic mass is 10.1. The first kappa shape index (κ1) is 12.8. The molecule has 102 valence electrons. The number of nitrogens with zero attached hydrogens (tertiary/aromatic N) is 3. The molecule has 0 saturated heterocycles. The van der Waals surface area contributed by atoms with E-state index >= 15 is 0 Å². The summed E-state index contributed by atoms with van der Waals surface area (Å²) in [6, 6.07) is 12.7. The first-order chi connectivity index (χ1) is 9.83. The Morgan fingerprint density at radius 2 is 2.05 bits per heavy atom. The average Bonchev–Trinajstić information content (AvgIpc) is 2.98. The van der Waals surface area contributed by atoms with E-state index in [4.69, 9.17) is 0 Å². The molecular formula is C16H18N4. The molecule has 0 radical (unpaired) electrons. The van der Waals surface area contributed by atoms with Crippen LogP contribution in [0.4, 0.5) is 0 Å². The molecule has 0 saturated carbocycles. The lowest BCUT2D eigenvalue weighted by Gasteiger charge is -2.14. The van der Waals surface area contributed by atoms with E-state index in [1.54, 1.807) is 6.20 Å². The summed E-state index contributed by atoms with van der Waals surface area (Å²) >= 11 is 0. The third-order valence-electron chi connectivity index (χ3n) is 3.38. The average molecular weight is 266 g/mol. The molecule has 0 unspecified atom stereocenters. The number of hydrogen-bond acceptors (Lipinski definition) is 3. The smallest absolute Gasteiger partial charge is 0.0746 e. The Labute approximate surface area is 118 Å². The summed E-state index contributed by atoms with van der Waals surface area (Å²) in [5.41, 5.74) is 2.31. The number of rotatable bonds is 5. The van der Waals surface area contributed by atoms with Gasteiger partial charge in [0.15, 0.2) is 0 Å². The van der Waals surface area contributed by atoms with Crippen molar-refractivity contribution >= 4 is 10.9 Å². The molecule has 0 amide bonds. The summed E-state index contributed by atoms with van der Waals surface area (Å²) in [6.45, 7) is 3.85. The highest BCUT2D eigenvalue weighted by molar-refractivity contribution is 5.81. The molecule has 2 aromatic heterocycles. The molecule has 0 aliphatic carbocycles. The number of para-hydroxylation sites is 1. The molecule has 3 aromatic rings. The fourth-order valence-electron chi connectivity index (χ4n) is 2.35. The van der Waals surface area contributed by atoms with E-state index in [0.29, 0.717) is 6.04 Å². The van der Waals surface area contributed by atoms with E-state index in [2.05, 4.69) is 46.6 Å². The van der Waals surface area contributed by atoms with Gasteiger partial charge in [0.2, 0.25) is 0 Å². The highest BCUT2D eigenvalue weighted by atomic mass is 15.3. The fraction of sp³-hybridized carbons (Fsp3) is 0.250. The van der Waals surface area contributed by atoms with E-state index in [0.717, 1.165) is 18.6 Å². The molecular weight excluding hydrogens is 248 g/mol. The zero-order valence-electron chi connectivity index (χ0n) is 11.5. The number of fused-ring (bicyclic) bond motifs is 1. The molecule has 3 rings (SSSR count). The molecule has 4 nitrogen and oxygen atoms in total. The molecule has 4 heteroatoms. The number of hydrogen-bond donors (Lipinski definition) is 1. The van der Waals surface area contributed by atoms with Crippen LogP contribution in [-0.4, -0.2) is 20.8 Å². The second-order valence-electron chi connectivity index (χ2n) is 5.00. The third kappa shape index (κ3) is 2.86. The van der Waals surface area contributed by atoms with Crippen molar-refractivity contribution in [2.45, 2.75) is 26.1 Å². The lowest BCUT2D eigenvalue weighted by Crippen LogP contribution is -2.30. The summed E-state index contributed by atoms with van der Waals surface area (Å²) in [7, 11) is 0. The molecule has 0 aliphatic rings. The van der Waals surface area contributed by atoms with Gasteiger partial charge in [-0.1, -0.05) is 24.3 Å². The van der Waals surface area contributed by atoms with Gasteiger partial charge in [-0.05, 0) is 24.6 Å². The number of pyridine rings is 1. The minimum atomic E-state index is 0.355. The van der Waals surface area contributed by atoms with Crippen LogP contribution in [0.15, 0.2) is 55.0 Å². The summed E-state index contributed by atoms with van der Waals surface area (Å²) in [5.74, 6) is 0. The molecule has 0 bridgehead atoms. The van der Waals surface area contributed by atoms with Crippen LogP contribution in [0.5, 0.6) is 0 Å². The van der Waals surface area contributed by atoms with Gasteiger partial charge in [-0.3, -0.25) is 9.67 Å². The maximum Gasteiger partial charge on any atom is 0.0746 e. The first-order valence-corrected chi connectivity index (χ1v) is 6.86. The van der Waals surface area contributed by atoms with E-state index in [1.165, 1.54) is 10.9 Å². The van der Waals surface area contributed by atoms with Crippen LogP contribution in [0.25, 0.3) is 10.9 Å². The standard InChI is InChI=1S/C16H18N4/c1-13(12-20-10-4-9-19-20)18-11-15-6-2-5-14-7-3-8-17-16(14)15/h2-10,13,18H,11-12H2,1H3/t13-/m1/s1. The molecule has 0 aliphatic heterocycles. The molecule has 2 heterocycles. The van der Waals surface area contributed by atoms with Gasteiger partial charge in [0, 0.05) is 36.6 Å². The summed E-state index contributed by atoms with van der Waals surface area (Å²) in [5, 5.41) is 8.94. The SMILES string of the molecule is C[C@H](Cn1cccn1)NCc1cccc2cccnc12. The minimum absolute atomic E-state index is 0.355. The predicted octanol–water partition coefficient (Wildman–Crippen LogP) is 2.61. The zero-order chi connectivity index (χ0) is 13.8. The Morgan fingerprint density at radius 3 is 2.90 bits per heavy atom. The van der Waals surface area contributed by atoms with Crippen LogP contribution in [0.2, 0.25) is 0 Å². The van der Waals surface area contributed by atoms with Crippen LogP contribution in [0.1, 0.15) is 12.5 Å². The van der Waals surface area contributed by atoms with Crippen molar-refractivity contribution in [2.75, 3.05) is 0 Å². The van der Waals surface area contributed by atoms with Crippen molar-refractivity contribution in [3.8, 4) is 0 Å². The molecule has 1 aromatic carbocycles. The van der Waals surface area contributed by atoms with Gasteiger partial charge >= 0.3 is 0 Å². The Kier molecular flexibility index (Phi) is 3.74. The van der Waals surface area contributed by atoms with Gasteiger partial charge in [-0.15, -0.1) is 0 Å². The Morgan fingerprint density at radius 1 is 1.15 bits per heavy atom. The fourth-order valence-corrected chi connectivity index (χ4v) is 2.35. The Balaban J connectivity index is 1.67. The predicted molar refractivity (Wildman–Crippen MR) is 80.3 cm³/mol. The minimum Gasteiger partial charge on any atom is -0.308 e. The van der Waals surface area contributed by atoms with E-state index in [-0.39, 0.29) is 0 Å². The third-order valence-corrected chi connectivity index (χ3v) is 3.38. The van der Waals surface area contributed by atoms with Gasteiger partial charge in [0.25, 0.3) is 0 Å². The first-order valence-electron chi connectivity index (χ1n) is 6.86. The maximum atomic E-state index is 4.48. The van der Waals surface area contributed by atoms with Gasteiger partial charge < -0.3 is 5.32 Å². The van der Waals surface area contributed by atoms with E-state index in [1.807, 2.05) is 29.2 Å². The van der Waals surface area contributed by atoms with Crippen LogP contribution in [0, 0.1) is 0 Å². The zero-order valence-corrected chi connectivity index (χ0v) is 11.5. The molecule has 0 spiro atoms. The molecule has 20 heavy (non-hydrogen) atoms. The molecule has 0 fully saturated rings. The van der Waals surface area contributed by atoms with E-state index in [9.17, 15) is 0 Å². The molecule has 1 N–H and O–H groups in total. The largest absolute Gasteiger partial charge is 0.308 e. The normalized spacial score (nSPS) is 12.7. The second kappa shape index (κ2) is 5.84.